The van der Waals surface area contributed by atoms with Gasteiger partial charge in [0.1, 0.15) is 0 Å². The fourth-order valence-corrected chi connectivity index (χ4v) is 3.64. The average Bonchev–Trinajstić information content (AvgIpc) is 2.71. The summed E-state index contributed by atoms with van der Waals surface area (Å²) < 4.78 is 0. The molecule has 29 heavy (non-hydrogen) atoms. The maximum atomic E-state index is 12.8. The van der Waals surface area contributed by atoms with E-state index in [4.69, 9.17) is 11.6 Å². The first-order valence-electron chi connectivity index (χ1n) is 9.93. The van der Waals surface area contributed by atoms with Crippen molar-refractivity contribution >= 4 is 29.2 Å². The van der Waals surface area contributed by atoms with E-state index < -0.39 is 5.41 Å². The van der Waals surface area contributed by atoms with Crippen molar-refractivity contribution in [1.82, 2.24) is 10.2 Å². The van der Waals surface area contributed by atoms with Crippen LogP contribution < -0.4 is 10.6 Å². The Balaban J connectivity index is 1.52. The van der Waals surface area contributed by atoms with Gasteiger partial charge in [-0.1, -0.05) is 54.4 Å². The number of likely N-dealkylation sites (tertiary alicyclic amines) is 1. The quantitative estimate of drug-likeness (QED) is 0.748. The summed E-state index contributed by atoms with van der Waals surface area (Å²) in [5.41, 5.74) is 3.38. The SMILES string of the molecule is Cc1ccc(CNC(=O)C2(C)CCN(C(=O)Nc3cccc(Cl)c3C)CC2)cc1. The van der Waals surface area contributed by atoms with E-state index in [1.165, 1.54) is 5.56 Å². The summed E-state index contributed by atoms with van der Waals surface area (Å²) in [6, 6.07) is 13.4. The van der Waals surface area contributed by atoms with E-state index in [1.807, 2.05) is 57.2 Å². The second-order valence-electron chi connectivity index (χ2n) is 8.06. The van der Waals surface area contributed by atoms with Crippen LogP contribution in [0.3, 0.4) is 0 Å². The van der Waals surface area contributed by atoms with Gasteiger partial charge in [-0.2, -0.15) is 0 Å². The summed E-state index contributed by atoms with van der Waals surface area (Å²) in [4.78, 5) is 27.1. The van der Waals surface area contributed by atoms with E-state index in [1.54, 1.807) is 11.0 Å². The molecule has 0 atom stereocenters. The van der Waals surface area contributed by atoms with Gasteiger partial charge in [-0.05, 0) is 49.9 Å². The number of hydrogen-bond acceptors (Lipinski definition) is 2. The van der Waals surface area contributed by atoms with Gasteiger partial charge in [0, 0.05) is 35.8 Å². The standard InChI is InChI=1S/C23H28ClN3O2/c1-16-7-9-18(10-8-16)15-25-21(28)23(3)11-13-27(14-12-23)22(29)26-20-6-4-5-19(24)17(20)2/h4-10H,11-15H2,1-3H3,(H,25,28)(H,26,29). The third kappa shape index (κ3) is 5.10. The minimum atomic E-state index is -0.465. The number of urea groups is 1. The number of nitrogens with zero attached hydrogens (tertiary/aromatic N) is 1. The first kappa shape index (κ1) is 21.2. The predicted molar refractivity (Wildman–Crippen MR) is 117 cm³/mol. The molecule has 2 N–H and O–H groups in total. The highest BCUT2D eigenvalue weighted by molar-refractivity contribution is 6.31. The maximum Gasteiger partial charge on any atom is 0.321 e. The number of anilines is 1. The molecule has 1 aliphatic rings. The molecule has 5 nitrogen and oxygen atoms in total. The fourth-order valence-electron chi connectivity index (χ4n) is 3.47. The molecule has 0 unspecified atom stereocenters. The van der Waals surface area contributed by atoms with E-state index in [-0.39, 0.29) is 11.9 Å². The van der Waals surface area contributed by atoms with Gasteiger partial charge in [-0.15, -0.1) is 0 Å². The van der Waals surface area contributed by atoms with E-state index in [9.17, 15) is 9.59 Å². The largest absolute Gasteiger partial charge is 0.352 e. The van der Waals surface area contributed by atoms with E-state index >= 15 is 0 Å². The van der Waals surface area contributed by atoms with Crippen LogP contribution in [-0.4, -0.2) is 29.9 Å². The van der Waals surface area contributed by atoms with E-state index in [0.29, 0.717) is 43.2 Å². The molecule has 1 aliphatic heterocycles. The number of hydrogen-bond donors (Lipinski definition) is 2. The molecule has 0 aromatic heterocycles. The zero-order valence-electron chi connectivity index (χ0n) is 17.2. The highest BCUT2D eigenvalue weighted by atomic mass is 35.5. The Morgan fingerprint density at radius 2 is 1.72 bits per heavy atom. The highest BCUT2D eigenvalue weighted by Crippen LogP contribution is 2.32. The van der Waals surface area contributed by atoms with Crippen LogP contribution in [0.4, 0.5) is 10.5 Å². The molecule has 2 aromatic rings. The molecule has 2 aromatic carbocycles. The predicted octanol–water partition coefficient (Wildman–Crippen LogP) is 4.91. The Morgan fingerprint density at radius 3 is 2.38 bits per heavy atom. The van der Waals surface area contributed by atoms with Crippen LogP contribution in [0.25, 0.3) is 0 Å². The van der Waals surface area contributed by atoms with Crippen molar-refractivity contribution in [3.8, 4) is 0 Å². The summed E-state index contributed by atoms with van der Waals surface area (Å²) in [6.45, 7) is 7.51. The molecule has 0 spiro atoms. The third-order valence-electron chi connectivity index (χ3n) is 5.79. The molecular formula is C23H28ClN3O2. The summed E-state index contributed by atoms with van der Waals surface area (Å²) in [5, 5.41) is 6.61. The molecule has 1 fully saturated rings. The summed E-state index contributed by atoms with van der Waals surface area (Å²) >= 11 is 6.13. The zero-order valence-corrected chi connectivity index (χ0v) is 18.0. The number of carbonyl (C=O) groups is 2. The van der Waals surface area contributed by atoms with Crippen molar-refractivity contribution in [3.05, 3.63) is 64.2 Å². The van der Waals surface area contributed by atoms with Gasteiger partial charge in [0.05, 0.1) is 0 Å². The van der Waals surface area contributed by atoms with Crippen molar-refractivity contribution in [2.24, 2.45) is 5.41 Å². The lowest BCUT2D eigenvalue weighted by atomic mass is 9.79. The lowest BCUT2D eigenvalue weighted by molar-refractivity contribution is -0.132. The molecule has 0 radical (unpaired) electrons. The minimum Gasteiger partial charge on any atom is -0.352 e. The van der Waals surface area contributed by atoms with E-state index in [2.05, 4.69) is 10.6 Å². The monoisotopic (exact) mass is 413 g/mol. The van der Waals surface area contributed by atoms with Crippen LogP contribution in [0.15, 0.2) is 42.5 Å². The first-order valence-corrected chi connectivity index (χ1v) is 10.3. The van der Waals surface area contributed by atoms with Crippen LogP contribution in [0.2, 0.25) is 5.02 Å². The average molecular weight is 414 g/mol. The van der Waals surface area contributed by atoms with Gasteiger partial charge >= 0.3 is 6.03 Å². The summed E-state index contributed by atoms with van der Waals surface area (Å²) in [7, 11) is 0. The maximum absolute atomic E-state index is 12.8. The molecule has 154 valence electrons. The smallest absolute Gasteiger partial charge is 0.321 e. The second kappa shape index (κ2) is 8.87. The van der Waals surface area contributed by atoms with Crippen molar-refractivity contribution in [2.75, 3.05) is 18.4 Å². The van der Waals surface area contributed by atoms with Gasteiger partial charge in [-0.25, -0.2) is 4.79 Å². The third-order valence-corrected chi connectivity index (χ3v) is 6.19. The number of benzene rings is 2. The topological polar surface area (TPSA) is 61.4 Å². The Bertz CT molecular complexity index is 887. The highest BCUT2D eigenvalue weighted by Gasteiger charge is 2.38. The van der Waals surface area contributed by atoms with Crippen molar-refractivity contribution in [2.45, 2.75) is 40.2 Å². The molecule has 3 amide bonds. The molecule has 1 heterocycles. The summed E-state index contributed by atoms with van der Waals surface area (Å²) in [6.07, 6.45) is 1.27. The van der Waals surface area contributed by atoms with Gasteiger partial charge in [-0.3, -0.25) is 4.79 Å². The van der Waals surface area contributed by atoms with Gasteiger partial charge < -0.3 is 15.5 Å². The Hall–Kier alpha value is -2.53. The van der Waals surface area contributed by atoms with E-state index in [0.717, 1.165) is 11.1 Å². The molecular weight excluding hydrogens is 386 g/mol. The van der Waals surface area contributed by atoms with Crippen LogP contribution in [-0.2, 0) is 11.3 Å². The van der Waals surface area contributed by atoms with Crippen LogP contribution in [0.5, 0.6) is 0 Å². The number of halogens is 1. The molecule has 0 aliphatic carbocycles. The van der Waals surface area contributed by atoms with Gasteiger partial charge in [0.25, 0.3) is 0 Å². The fraction of sp³-hybridized carbons (Fsp3) is 0.391. The molecule has 0 bridgehead atoms. The lowest BCUT2D eigenvalue weighted by Gasteiger charge is -2.38. The molecule has 0 saturated carbocycles. The van der Waals surface area contributed by atoms with Crippen LogP contribution >= 0.6 is 11.6 Å². The first-order chi connectivity index (χ1) is 13.8. The number of nitrogens with one attached hydrogen (secondary N) is 2. The van der Waals surface area contributed by atoms with Crippen LogP contribution in [0.1, 0.15) is 36.5 Å². The van der Waals surface area contributed by atoms with Crippen molar-refractivity contribution < 1.29 is 9.59 Å². The number of piperidine rings is 1. The normalized spacial score (nSPS) is 15.7. The molecule has 6 heteroatoms. The zero-order chi connectivity index (χ0) is 21.0. The van der Waals surface area contributed by atoms with Crippen LogP contribution in [0, 0.1) is 19.3 Å². The number of carbonyl (C=O) groups excluding carboxylic acids is 2. The van der Waals surface area contributed by atoms with Crippen molar-refractivity contribution in [1.29, 1.82) is 0 Å². The number of aryl methyl sites for hydroxylation is 1. The van der Waals surface area contributed by atoms with Crippen molar-refractivity contribution in [3.63, 3.8) is 0 Å². The number of amides is 3. The lowest BCUT2D eigenvalue weighted by Crippen LogP contribution is -2.49. The Kier molecular flexibility index (Phi) is 6.48. The molecule has 3 rings (SSSR count). The van der Waals surface area contributed by atoms with Gasteiger partial charge in [0.2, 0.25) is 5.91 Å². The summed E-state index contributed by atoms with van der Waals surface area (Å²) in [5.74, 6) is 0.0452. The number of rotatable bonds is 4. The van der Waals surface area contributed by atoms with Gasteiger partial charge in [0.15, 0.2) is 0 Å². The minimum absolute atomic E-state index is 0.0452. The Labute approximate surface area is 177 Å². The second-order valence-corrected chi connectivity index (χ2v) is 8.47. The Morgan fingerprint density at radius 1 is 1.07 bits per heavy atom. The molecule has 1 saturated heterocycles.